The van der Waals surface area contributed by atoms with Crippen LogP contribution in [0.15, 0.2) is 12.1 Å². The number of aryl methyl sites for hydroxylation is 1. The van der Waals surface area contributed by atoms with Crippen molar-refractivity contribution in [3.05, 3.63) is 23.5 Å². The number of fused-ring (bicyclic) bond motifs is 1. The summed E-state index contributed by atoms with van der Waals surface area (Å²) in [6.45, 7) is 4.07. The highest BCUT2D eigenvalue weighted by Crippen LogP contribution is 2.44. The molecule has 118 valence electrons. The fourth-order valence-corrected chi connectivity index (χ4v) is 2.76. The molecule has 9 heteroatoms. The molecule has 0 aliphatic carbocycles. The second-order valence-electron chi connectivity index (χ2n) is 5.08. The van der Waals surface area contributed by atoms with Crippen molar-refractivity contribution in [3.8, 4) is 34.3 Å². The Hall–Kier alpha value is -3.10. The Labute approximate surface area is 131 Å². The number of hydrogen-bond acceptors (Lipinski definition) is 7. The Morgan fingerprint density at radius 3 is 2.70 bits per heavy atom. The van der Waals surface area contributed by atoms with Gasteiger partial charge in [-0.3, -0.25) is 0 Å². The van der Waals surface area contributed by atoms with Crippen molar-refractivity contribution in [2.24, 2.45) is 0 Å². The summed E-state index contributed by atoms with van der Waals surface area (Å²) in [5.74, 6) is 2.43. The highest BCUT2D eigenvalue weighted by Gasteiger charge is 2.24. The summed E-state index contributed by atoms with van der Waals surface area (Å²) in [5.41, 5.74) is 3.51. The number of ether oxygens (including phenoxy) is 3. The van der Waals surface area contributed by atoms with E-state index in [4.69, 9.17) is 14.2 Å². The summed E-state index contributed by atoms with van der Waals surface area (Å²) in [6.07, 6.45) is 0. The van der Waals surface area contributed by atoms with Crippen LogP contribution >= 0.6 is 0 Å². The predicted octanol–water partition coefficient (Wildman–Crippen LogP) is 1.41. The Morgan fingerprint density at radius 2 is 2.00 bits per heavy atom. The SMILES string of the molecule is COc1cc2c(cc1-c1c(C)nn(-c3nn[nH]n3)c1C)OCO2. The van der Waals surface area contributed by atoms with Gasteiger partial charge in [0.2, 0.25) is 6.79 Å². The Kier molecular flexibility index (Phi) is 2.93. The minimum atomic E-state index is 0.210. The first-order chi connectivity index (χ1) is 11.2. The van der Waals surface area contributed by atoms with Crippen LogP contribution in [-0.2, 0) is 0 Å². The minimum Gasteiger partial charge on any atom is -0.496 e. The molecule has 0 atom stereocenters. The van der Waals surface area contributed by atoms with Gasteiger partial charge < -0.3 is 14.2 Å². The van der Waals surface area contributed by atoms with Crippen LogP contribution in [-0.4, -0.2) is 44.3 Å². The van der Waals surface area contributed by atoms with Gasteiger partial charge in [-0.25, -0.2) is 0 Å². The van der Waals surface area contributed by atoms with E-state index in [0.29, 0.717) is 23.2 Å². The van der Waals surface area contributed by atoms with Crippen LogP contribution in [0.1, 0.15) is 11.4 Å². The summed E-state index contributed by atoms with van der Waals surface area (Å²) < 4.78 is 18.0. The van der Waals surface area contributed by atoms with Crippen molar-refractivity contribution in [2.45, 2.75) is 13.8 Å². The van der Waals surface area contributed by atoms with E-state index in [0.717, 1.165) is 22.5 Å². The topological polar surface area (TPSA) is 100.0 Å². The third kappa shape index (κ3) is 2.00. The second-order valence-corrected chi connectivity index (χ2v) is 5.08. The van der Waals surface area contributed by atoms with Gasteiger partial charge >= 0.3 is 0 Å². The van der Waals surface area contributed by atoms with Crippen LogP contribution in [0.5, 0.6) is 17.2 Å². The molecule has 0 saturated carbocycles. The molecule has 1 aliphatic heterocycles. The Bertz CT molecular complexity index is 871. The van der Waals surface area contributed by atoms with Crippen LogP contribution in [0.2, 0.25) is 0 Å². The lowest BCUT2D eigenvalue weighted by Gasteiger charge is -2.10. The summed E-state index contributed by atoms with van der Waals surface area (Å²) in [6, 6.07) is 3.72. The molecule has 2 aromatic heterocycles. The average molecular weight is 314 g/mol. The van der Waals surface area contributed by atoms with E-state index in [9.17, 15) is 0 Å². The molecular weight excluding hydrogens is 300 g/mol. The summed E-state index contributed by atoms with van der Waals surface area (Å²) in [4.78, 5) is 0. The number of rotatable bonds is 3. The zero-order valence-electron chi connectivity index (χ0n) is 12.8. The largest absolute Gasteiger partial charge is 0.496 e. The summed E-state index contributed by atoms with van der Waals surface area (Å²) in [5, 5.41) is 18.5. The number of tetrazole rings is 1. The standard InChI is InChI=1S/C14H14N6O3/c1-7-13(8(2)20(17-7)14-15-18-19-16-14)9-4-11-12(23-6-22-11)5-10(9)21-3/h4-5H,6H2,1-3H3,(H,15,16,18,19). The van der Waals surface area contributed by atoms with E-state index in [1.807, 2.05) is 26.0 Å². The zero-order valence-corrected chi connectivity index (χ0v) is 12.8. The maximum Gasteiger partial charge on any atom is 0.290 e. The number of nitrogens with zero attached hydrogens (tertiary/aromatic N) is 5. The van der Waals surface area contributed by atoms with Crippen molar-refractivity contribution >= 4 is 0 Å². The number of aromatic nitrogens is 6. The number of nitrogens with one attached hydrogen (secondary N) is 1. The first-order valence-electron chi connectivity index (χ1n) is 6.97. The van der Waals surface area contributed by atoms with E-state index < -0.39 is 0 Å². The maximum atomic E-state index is 5.51. The molecule has 0 saturated heterocycles. The monoisotopic (exact) mass is 314 g/mol. The van der Waals surface area contributed by atoms with E-state index in [-0.39, 0.29) is 6.79 Å². The predicted molar refractivity (Wildman–Crippen MR) is 78.9 cm³/mol. The van der Waals surface area contributed by atoms with E-state index in [2.05, 4.69) is 25.7 Å². The molecule has 1 aliphatic rings. The van der Waals surface area contributed by atoms with Gasteiger partial charge in [0.15, 0.2) is 11.5 Å². The van der Waals surface area contributed by atoms with Crippen LogP contribution in [0.3, 0.4) is 0 Å². The van der Waals surface area contributed by atoms with Gasteiger partial charge in [-0.05, 0) is 25.1 Å². The van der Waals surface area contributed by atoms with Crippen molar-refractivity contribution in [1.29, 1.82) is 0 Å². The molecule has 1 aromatic carbocycles. The summed E-state index contributed by atoms with van der Waals surface area (Å²) in [7, 11) is 1.62. The molecule has 3 aromatic rings. The molecule has 0 bridgehead atoms. The van der Waals surface area contributed by atoms with Gasteiger partial charge in [0, 0.05) is 17.2 Å². The fourth-order valence-electron chi connectivity index (χ4n) is 2.76. The molecule has 3 heterocycles. The molecule has 23 heavy (non-hydrogen) atoms. The number of methoxy groups -OCH3 is 1. The first kappa shape index (κ1) is 13.6. The van der Waals surface area contributed by atoms with E-state index in [1.54, 1.807) is 11.8 Å². The van der Waals surface area contributed by atoms with Gasteiger partial charge in [-0.2, -0.15) is 15.0 Å². The second kappa shape index (κ2) is 4.97. The van der Waals surface area contributed by atoms with Crippen LogP contribution in [0.25, 0.3) is 17.1 Å². The molecule has 0 fully saturated rings. The fraction of sp³-hybridized carbons (Fsp3) is 0.286. The maximum absolute atomic E-state index is 5.51. The molecular formula is C14H14N6O3. The van der Waals surface area contributed by atoms with E-state index in [1.165, 1.54) is 0 Å². The Balaban J connectivity index is 1.92. The van der Waals surface area contributed by atoms with Crippen LogP contribution < -0.4 is 14.2 Å². The normalized spacial score (nSPS) is 12.7. The smallest absolute Gasteiger partial charge is 0.290 e. The van der Waals surface area contributed by atoms with Crippen molar-refractivity contribution in [2.75, 3.05) is 13.9 Å². The molecule has 0 radical (unpaired) electrons. The quantitative estimate of drug-likeness (QED) is 0.780. The van der Waals surface area contributed by atoms with Crippen LogP contribution in [0, 0.1) is 13.8 Å². The number of benzene rings is 1. The molecule has 0 spiro atoms. The third-order valence-electron chi connectivity index (χ3n) is 3.78. The van der Waals surface area contributed by atoms with Crippen molar-refractivity contribution in [1.82, 2.24) is 30.4 Å². The molecule has 0 unspecified atom stereocenters. The molecule has 0 amide bonds. The van der Waals surface area contributed by atoms with Crippen molar-refractivity contribution in [3.63, 3.8) is 0 Å². The number of aromatic amines is 1. The Morgan fingerprint density at radius 1 is 1.22 bits per heavy atom. The lowest BCUT2D eigenvalue weighted by Crippen LogP contribution is -2.01. The highest BCUT2D eigenvalue weighted by molar-refractivity contribution is 5.78. The minimum absolute atomic E-state index is 0.210. The van der Waals surface area contributed by atoms with E-state index >= 15 is 0 Å². The van der Waals surface area contributed by atoms with Crippen LogP contribution in [0.4, 0.5) is 0 Å². The van der Waals surface area contributed by atoms with Gasteiger partial charge in [0.05, 0.1) is 18.5 Å². The lowest BCUT2D eigenvalue weighted by atomic mass is 10.0. The van der Waals surface area contributed by atoms with Gasteiger partial charge in [0.1, 0.15) is 5.75 Å². The molecule has 9 nitrogen and oxygen atoms in total. The number of H-pyrrole nitrogens is 1. The highest BCUT2D eigenvalue weighted by atomic mass is 16.7. The molecule has 1 N–H and O–H groups in total. The third-order valence-corrected chi connectivity index (χ3v) is 3.78. The lowest BCUT2D eigenvalue weighted by molar-refractivity contribution is 0.174. The van der Waals surface area contributed by atoms with Gasteiger partial charge in [0.25, 0.3) is 5.95 Å². The summed E-state index contributed by atoms with van der Waals surface area (Å²) >= 11 is 0. The number of hydrogen-bond donors (Lipinski definition) is 1. The zero-order chi connectivity index (χ0) is 16.0. The molecule has 4 rings (SSSR count). The van der Waals surface area contributed by atoms with Gasteiger partial charge in [-0.15, -0.1) is 5.10 Å². The average Bonchev–Trinajstić information content (AvgIpc) is 3.26. The van der Waals surface area contributed by atoms with Crippen molar-refractivity contribution < 1.29 is 14.2 Å². The first-order valence-corrected chi connectivity index (χ1v) is 6.97. The van der Waals surface area contributed by atoms with Gasteiger partial charge in [-0.1, -0.05) is 5.10 Å².